The Kier molecular flexibility index (Phi) is 3.99. The molecule has 0 aliphatic rings. The molecule has 1 aromatic heterocycles. The molecule has 2 heteroatoms. The van der Waals surface area contributed by atoms with Crippen LogP contribution in [-0.4, -0.2) is 5.11 Å². The van der Waals surface area contributed by atoms with Crippen molar-refractivity contribution < 1.29 is 9.52 Å². The van der Waals surface area contributed by atoms with E-state index in [1.807, 2.05) is 24.3 Å². The van der Waals surface area contributed by atoms with E-state index in [2.05, 4.69) is 50.0 Å². The van der Waals surface area contributed by atoms with Gasteiger partial charge in [-0.15, -0.1) is 0 Å². The summed E-state index contributed by atoms with van der Waals surface area (Å²) in [5, 5.41) is 10.7. The summed E-state index contributed by atoms with van der Waals surface area (Å²) in [6.45, 7) is 4.10. The van der Waals surface area contributed by atoms with Crippen LogP contribution >= 0.6 is 0 Å². The fourth-order valence-electron chi connectivity index (χ4n) is 3.06. The molecule has 0 saturated carbocycles. The average Bonchev–Trinajstić information content (AvgIpc) is 2.98. The average molecular weight is 338 g/mol. The van der Waals surface area contributed by atoms with E-state index >= 15 is 0 Å². The minimum Gasteiger partial charge on any atom is -0.508 e. The second-order valence-corrected chi connectivity index (χ2v) is 6.48. The Morgan fingerprint density at radius 3 is 2.35 bits per heavy atom. The van der Waals surface area contributed by atoms with Crippen LogP contribution in [0.1, 0.15) is 22.3 Å². The third-order valence-electron chi connectivity index (χ3n) is 4.30. The lowest BCUT2D eigenvalue weighted by Gasteiger charge is -2.00. The number of hydrogen-bond donors (Lipinski definition) is 1. The Bertz CT molecular complexity index is 1170. The summed E-state index contributed by atoms with van der Waals surface area (Å²) in [7, 11) is 0. The van der Waals surface area contributed by atoms with Gasteiger partial charge in [0, 0.05) is 16.5 Å². The maximum absolute atomic E-state index is 9.91. The summed E-state index contributed by atoms with van der Waals surface area (Å²) in [5.41, 5.74) is 5.77. The molecule has 0 bridgehead atoms. The van der Waals surface area contributed by atoms with Crippen molar-refractivity contribution in [1.29, 1.82) is 0 Å². The summed E-state index contributed by atoms with van der Waals surface area (Å²) in [6.07, 6.45) is 0. The molecule has 0 saturated heterocycles. The Morgan fingerprint density at radius 2 is 1.58 bits per heavy atom. The summed E-state index contributed by atoms with van der Waals surface area (Å²) in [6, 6.07) is 21.4. The number of aryl methyl sites for hydroxylation is 2. The standard InChI is InChI=1S/C24H18O2/c1-16-5-3-7-18(13-16)9-11-21-22-15-20(25)10-12-23(22)26-24(21)19-8-4-6-17(2)14-19/h3-8,10,12-15,25H,1-2H3. The molecule has 0 spiro atoms. The highest BCUT2D eigenvalue weighted by molar-refractivity contribution is 5.92. The van der Waals surface area contributed by atoms with E-state index in [0.717, 1.165) is 33.4 Å². The lowest BCUT2D eigenvalue weighted by Crippen LogP contribution is -1.82. The predicted octanol–water partition coefficient (Wildman–Crippen LogP) is 5.82. The smallest absolute Gasteiger partial charge is 0.151 e. The van der Waals surface area contributed by atoms with Crippen LogP contribution in [0, 0.1) is 25.7 Å². The van der Waals surface area contributed by atoms with Gasteiger partial charge in [-0.3, -0.25) is 0 Å². The van der Waals surface area contributed by atoms with Crippen LogP contribution in [0.3, 0.4) is 0 Å². The fourth-order valence-corrected chi connectivity index (χ4v) is 3.06. The van der Waals surface area contributed by atoms with Gasteiger partial charge in [-0.25, -0.2) is 0 Å². The van der Waals surface area contributed by atoms with Crippen molar-refractivity contribution in [3.63, 3.8) is 0 Å². The number of phenolic OH excluding ortho intramolecular Hbond substituents is 1. The zero-order valence-electron chi connectivity index (χ0n) is 14.7. The topological polar surface area (TPSA) is 33.4 Å². The summed E-state index contributed by atoms with van der Waals surface area (Å²) in [5.74, 6) is 7.44. The molecule has 1 N–H and O–H groups in total. The molecule has 0 aliphatic heterocycles. The maximum Gasteiger partial charge on any atom is 0.151 e. The zero-order chi connectivity index (χ0) is 18.1. The molecular weight excluding hydrogens is 320 g/mol. The SMILES string of the molecule is Cc1cccc(C#Cc2c(-c3cccc(C)c3)oc3ccc(O)cc23)c1. The van der Waals surface area contributed by atoms with Gasteiger partial charge in [0.25, 0.3) is 0 Å². The van der Waals surface area contributed by atoms with Crippen molar-refractivity contribution in [3.05, 3.63) is 89.0 Å². The summed E-state index contributed by atoms with van der Waals surface area (Å²) in [4.78, 5) is 0. The molecule has 126 valence electrons. The van der Waals surface area contributed by atoms with Crippen molar-refractivity contribution in [2.45, 2.75) is 13.8 Å². The van der Waals surface area contributed by atoms with Gasteiger partial charge in [0.1, 0.15) is 11.3 Å². The van der Waals surface area contributed by atoms with Crippen molar-refractivity contribution >= 4 is 11.0 Å². The maximum atomic E-state index is 9.91. The molecule has 0 fully saturated rings. The van der Waals surface area contributed by atoms with Gasteiger partial charge < -0.3 is 9.52 Å². The highest BCUT2D eigenvalue weighted by Gasteiger charge is 2.15. The van der Waals surface area contributed by atoms with Gasteiger partial charge in [-0.2, -0.15) is 0 Å². The van der Waals surface area contributed by atoms with E-state index in [1.165, 1.54) is 5.56 Å². The second kappa shape index (κ2) is 6.46. The van der Waals surface area contributed by atoms with E-state index in [0.29, 0.717) is 5.58 Å². The summed E-state index contributed by atoms with van der Waals surface area (Å²) >= 11 is 0. The zero-order valence-corrected chi connectivity index (χ0v) is 14.7. The van der Waals surface area contributed by atoms with Crippen LogP contribution in [-0.2, 0) is 0 Å². The van der Waals surface area contributed by atoms with Gasteiger partial charge in [0.2, 0.25) is 0 Å². The third-order valence-corrected chi connectivity index (χ3v) is 4.30. The molecule has 26 heavy (non-hydrogen) atoms. The van der Waals surface area contributed by atoms with E-state index in [4.69, 9.17) is 4.42 Å². The van der Waals surface area contributed by atoms with Gasteiger partial charge in [-0.1, -0.05) is 47.7 Å². The van der Waals surface area contributed by atoms with Gasteiger partial charge in [0.15, 0.2) is 5.76 Å². The highest BCUT2D eigenvalue weighted by atomic mass is 16.3. The number of benzene rings is 3. The van der Waals surface area contributed by atoms with E-state index in [1.54, 1.807) is 18.2 Å². The summed E-state index contributed by atoms with van der Waals surface area (Å²) < 4.78 is 6.09. The molecule has 2 nitrogen and oxygen atoms in total. The molecule has 3 aromatic carbocycles. The molecule has 1 heterocycles. The predicted molar refractivity (Wildman–Crippen MR) is 105 cm³/mol. The van der Waals surface area contributed by atoms with Crippen molar-refractivity contribution in [2.75, 3.05) is 0 Å². The van der Waals surface area contributed by atoms with E-state index in [9.17, 15) is 5.11 Å². The quantitative estimate of drug-likeness (QED) is 0.444. The molecule has 0 unspecified atom stereocenters. The van der Waals surface area contributed by atoms with Crippen molar-refractivity contribution in [2.24, 2.45) is 0 Å². The molecular formula is C24H18O2. The number of fused-ring (bicyclic) bond motifs is 1. The number of hydrogen-bond acceptors (Lipinski definition) is 2. The van der Waals surface area contributed by atoms with E-state index in [-0.39, 0.29) is 5.75 Å². The first-order valence-electron chi connectivity index (χ1n) is 8.51. The lowest BCUT2D eigenvalue weighted by atomic mass is 10.0. The van der Waals surface area contributed by atoms with Crippen LogP contribution in [0.5, 0.6) is 5.75 Å². The largest absolute Gasteiger partial charge is 0.508 e. The van der Waals surface area contributed by atoms with Crippen LogP contribution in [0.2, 0.25) is 0 Å². The minimum atomic E-state index is 0.202. The van der Waals surface area contributed by atoms with Crippen LogP contribution in [0.4, 0.5) is 0 Å². The van der Waals surface area contributed by atoms with Crippen molar-refractivity contribution in [1.82, 2.24) is 0 Å². The molecule has 0 radical (unpaired) electrons. The normalized spacial score (nSPS) is 10.5. The third kappa shape index (κ3) is 3.08. The highest BCUT2D eigenvalue weighted by Crippen LogP contribution is 2.35. The molecule has 0 aliphatic carbocycles. The Morgan fingerprint density at radius 1 is 0.808 bits per heavy atom. The molecule has 4 rings (SSSR count). The molecule has 4 aromatic rings. The number of rotatable bonds is 1. The first kappa shape index (κ1) is 16.1. The lowest BCUT2D eigenvalue weighted by molar-refractivity contribution is 0.476. The Labute approximate surface area is 152 Å². The van der Waals surface area contributed by atoms with Gasteiger partial charge in [-0.05, 0) is 55.8 Å². The first-order valence-corrected chi connectivity index (χ1v) is 8.51. The molecule has 0 amide bonds. The van der Waals surface area contributed by atoms with Gasteiger partial charge >= 0.3 is 0 Å². The van der Waals surface area contributed by atoms with Crippen LogP contribution in [0.15, 0.2) is 71.1 Å². The van der Waals surface area contributed by atoms with Crippen LogP contribution < -0.4 is 0 Å². The van der Waals surface area contributed by atoms with Crippen LogP contribution in [0.25, 0.3) is 22.3 Å². The van der Waals surface area contributed by atoms with Gasteiger partial charge in [0.05, 0.1) is 5.56 Å². The Hall–Kier alpha value is -3.44. The molecule has 0 atom stereocenters. The Balaban J connectivity index is 1.94. The minimum absolute atomic E-state index is 0.202. The monoisotopic (exact) mass is 338 g/mol. The number of aromatic hydroxyl groups is 1. The number of phenols is 1. The second-order valence-electron chi connectivity index (χ2n) is 6.48. The first-order chi connectivity index (χ1) is 12.6. The van der Waals surface area contributed by atoms with Crippen molar-refractivity contribution in [3.8, 4) is 28.9 Å². The fraction of sp³-hybridized carbons (Fsp3) is 0.0833. The van der Waals surface area contributed by atoms with E-state index < -0.39 is 0 Å². The number of furan rings is 1.